The highest BCUT2D eigenvalue weighted by molar-refractivity contribution is 6.03. The van der Waals surface area contributed by atoms with Gasteiger partial charge in [0.2, 0.25) is 5.95 Å². The van der Waals surface area contributed by atoms with Gasteiger partial charge in [0.05, 0.1) is 5.69 Å². The lowest BCUT2D eigenvalue weighted by atomic mass is 10.1. The number of rotatable bonds is 6. The Bertz CT molecular complexity index is 951. The second-order valence-corrected chi connectivity index (χ2v) is 5.60. The topological polar surface area (TPSA) is 66.9 Å². The van der Waals surface area contributed by atoms with E-state index in [9.17, 15) is 18.0 Å². The summed E-state index contributed by atoms with van der Waals surface area (Å²) < 4.78 is 39.9. The van der Waals surface area contributed by atoms with Gasteiger partial charge in [-0.05, 0) is 30.2 Å². The molecule has 3 rings (SSSR count). The number of benzene rings is 2. The van der Waals surface area contributed by atoms with E-state index in [2.05, 4.69) is 20.6 Å². The summed E-state index contributed by atoms with van der Waals surface area (Å²) in [6, 6.07) is 12.8. The van der Waals surface area contributed by atoms with Crippen LogP contribution in [0.5, 0.6) is 0 Å². The van der Waals surface area contributed by atoms with E-state index in [-0.39, 0.29) is 11.6 Å². The molecule has 0 aliphatic heterocycles. The first-order valence-corrected chi connectivity index (χ1v) is 8.10. The molecule has 8 heteroatoms. The van der Waals surface area contributed by atoms with E-state index < -0.39 is 29.0 Å². The molecule has 1 aromatic heterocycles. The molecule has 138 valence electrons. The Kier molecular flexibility index (Phi) is 5.65. The average molecular weight is 372 g/mol. The van der Waals surface area contributed by atoms with Crippen LogP contribution in [0.15, 0.2) is 54.7 Å². The lowest BCUT2D eigenvalue weighted by Gasteiger charge is -2.08. The molecule has 0 bridgehead atoms. The molecule has 0 aliphatic rings. The van der Waals surface area contributed by atoms with Crippen LogP contribution in [-0.2, 0) is 6.42 Å². The number of aromatic nitrogens is 2. The van der Waals surface area contributed by atoms with E-state index in [1.54, 1.807) is 0 Å². The van der Waals surface area contributed by atoms with Gasteiger partial charge in [-0.3, -0.25) is 4.79 Å². The van der Waals surface area contributed by atoms with Gasteiger partial charge in [-0.2, -0.15) is 0 Å². The number of carbonyl (C=O) groups excluding carboxylic acids is 1. The molecule has 0 saturated heterocycles. The molecule has 0 saturated carbocycles. The Hall–Kier alpha value is -3.42. The van der Waals surface area contributed by atoms with E-state index in [0.717, 1.165) is 24.1 Å². The summed E-state index contributed by atoms with van der Waals surface area (Å²) in [5, 5.41) is 5.16. The first kappa shape index (κ1) is 18.4. The van der Waals surface area contributed by atoms with Crippen molar-refractivity contribution >= 4 is 17.5 Å². The number of anilines is 2. The smallest absolute Gasteiger partial charge is 0.274 e. The molecule has 0 atom stereocenters. The van der Waals surface area contributed by atoms with Gasteiger partial charge in [-0.1, -0.05) is 30.3 Å². The van der Waals surface area contributed by atoms with Gasteiger partial charge in [-0.25, -0.2) is 23.1 Å². The number of amides is 1. The summed E-state index contributed by atoms with van der Waals surface area (Å²) in [5.41, 5.74) is 0.611. The maximum absolute atomic E-state index is 13.7. The second-order valence-electron chi connectivity index (χ2n) is 5.60. The molecule has 27 heavy (non-hydrogen) atoms. The minimum Gasteiger partial charge on any atom is -0.354 e. The summed E-state index contributed by atoms with van der Waals surface area (Å²) in [5.74, 6) is -5.01. The highest BCUT2D eigenvalue weighted by atomic mass is 19.2. The number of hydrogen-bond acceptors (Lipinski definition) is 4. The number of nitrogens with one attached hydrogen (secondary N) is 2. The van der Waals surface area contributed by atoms with Crippen molar-refractivity contribution in [3.8, 4) is 0 Å². The third-order valence-electron chi connectivity index (χ3n) is 3.71. The SMILES string of the molecule is O=C(Nc1ccc(F)c(F)c1F)c1ccnc(NCCc2ccccc2)n1. The second kappa shape index (κ2) is 8.31. The summed E-state index contributed by atoms with van der Waals surface area (Å²) in [7, 11) is 0. The van der Waals surface area contributed by atoms with Crippen molar-refractivity contribution in [2.75, 3.05) is 17.2 Å². The molecular formula is C19H15F3N4O. The minimum absolute atomic E-state index is 0.0451. The van der Waals surface area contributed by atoms with Crippen molar-refractivity contribution in [1.29, 1.82) is 0 Å². The Morgan fingerprint density at radius 2 is 1.74 bits per heavy atom. The average Bonchev–Trinajstić information content (AvgIpc) is 2.69. The maximum atomic E-state index is 13.7. The van der Waals surface area contributed by atoms with Crippen LogP contribution in [0.4, 0.5) is 24.8 Å². The van der Waals surface area contributed by atoms with Crippen molar-refractivity contribution in [2.24, 2.45) is 0 Å². The molecule has 0 spiro atoms. The largest absolute Gasteiger partial charge is 0.354 e. The van der Waals surface area contributed by atoms with E-state index in [4.69, 9.17) is 0 Å². The quantitative estimate of drug-likeness (QED) is 0.646. The van der Waals surface area contributed by atoms with Gasteiger partial charge >= 0.3 is 0 Å². The van der Waals surface area contributed by atoms with E-state index in [0.29, 0.717) is 6.54 Å². The molecule has 0 unspecified atom stereocenters. The lowest BCUT2D eigenvalue weighted by molar-refractivity contribution is 0.102. The summed E-state index contributed by atoms with van der Waals surface area (Å²) in [6.07, 6.45) is 2.11. The van der Waals surface area contributed by atoms with Crippen LogP contribution >= 0.6 is 0 Å². The fraction of sp³-hybridized carbons (Fsp3) is 0.105. The lowest BCUT2D eigenvalue weighted by Crippen LogP contribution is -2.17. The van der Waals surface area contributed by atoms with Crippen LogP contribution in [0.3, 0.4) is 0 Å². The summed E-state index contributed by atoms with van der Waals surface area (Å²) in [6.45, 7) is 0.548. The van der Waals surface area contributed by atoms with Gasteiger partial charge < -0.3 is 10.6 Å². The van der Waals surface area contributed by atoms with Crippen LogP contribution in [0, 0.1) is 17.5 Å². The van der Waals surface area contributed by atoms with Crippen LogP contribution in [0.25, 0.3) is 0 Å². The summed E-state index contributed by atoms with van der Waals surface area (Å²) >= 11 is 0. The molecule has 5 nitrogen and oxygen atoms in total. The van der Waals surface area contributed by atoms with Gasteiger partial charge in [0.25, 0.3) is 5.91 Å². The zero-order valence-electron chi connectivity index (χ0n) is 14.0. The zero-order valence-corrected chi connectivity index (χ0v) is 14.0. The van der Waals surface area contributed by atoms with Gasteiger partial charge in [0, 0.05) is 12.7 Å². The van der Waals surface area contributed by atoms with E-state index >= 15 is 0 Å². The molecule has 0 radical (unpaired) electrons. The molecular weight excluding hydrogens is 357 g/mol. The number of halogens is 3. The van der Waals surface area contributed by atoms with Gasteiger partial charge in [-0.15, -0.1) is 0 Å². The molecule has 1 amide bonds. The molecule has 2 N–H and O–H groups in total. The molecule has 1 heterocycles. The monoisotopic (exact) mass is 372 g/mol. The standard InChI is InChI=1S/C19H15F3N4O/c20-13-6-7-14(17(22)16(13)21)25-18(27)15-9-11-24-19(26-15)23-10-8-12-4-2-1-3-5-12/h1-7,9,11H,8,10H2,(H,25,27)(H,23,24,26). The van der Waals surface area contributed by atoms with E-state index in [1.165, 1.54) is 12.3 Å². The third-order valence-corrected chi connectivity index (χ3v) is 3.71. The first-order valence-electron chi connectivity index (χ1n) is 8.10. The van der Waals surface area contributed by atoms with Gasteiger partial charge in [0.1, 0.15) is 5.69 Å². The van der Waals surface area contributed by atoms with Crippen LogP contribution in [-0.4, -0.2) is 22.4 Å². The van der Waals surface area contributed by atoms with E-state index in [1.807, 2.05) is 30.3 Å². The Morgan fingerprint density at radius 3 is 2.52 bits per heavy atom. The van der Waals surface area contributed by atoms with Crippen LogP contribution in [0.2, 0.25) is 0 Å². The normalized spacial score (nSPS) is 10.5. The fourth-order valence-electron chi connectivity index (χ4n) is 2.34. The first-order chi connectivity index (χ1) is 13.0. The number of carbonyl (C=O) groups is 1. The summed E-state index contributed by atoms with van der Waals surface area (Å²) in [4.78, 5) is 20.3. The third kappa shape index (κ3) is 4.60. The van der Waals surface area contributed by atoms with Crippen LogP contribution < -0.4 is 10.6 Å². The van der Waals surface area contributed by atoms with Crippen molar-refractivity contribution in [3.05, 3.63) is 83.4 Å². The van der Waals surface area contributed by atoms with Crippen molar-refractivity contribution in [2.45, 2.75) is 6.42 Å². The Balaban J connectivity index is 1.64. The molecule has 0 fully saturated rings. The minimum atomic E-state index is -1.65. The zero-order chi connectivity index (χ0) is 19.2. The molecule has 0 aliphatic carbocycles. The van der Waals surface area contributed by atoms with Crippen molar-refractivity contribution in [1.82, 2.24) is 9.97 Å². The highest BCUT2D eigenvalue weighted by Gasteiger charge is 2.17. The maximum Gasteiger partial charge on any atom is 0.274 e. The molecule has 3 aromatic rings. The van der Waals surface area contributed by atoms with Crippen molar-refractivity contribution in [3.63, 3.8) is 0 Å². The number of hydrogen-bond donors (Lipinski definition) is 2. The predicted octanol–water partition coefficient (Wildman–Crippen LogP) is 3.80. The van der Waals surface area contributed by atoms with Crippen LogP contribution in [0.1, 0.15) is 16.1 Å². The predicted molar refractivity (Wildman–Crippen MR) is 94.9 cm³/mol. The Labute approximate surface area is 153 Å². The number of nitrogens with zero attached hydrogens (tertiary/aromatic N) is 2. The van der Waals surface area contributed by atoms with Crippen molar-refractivity contribution < 1.29 is 18.0 Å². The Morgan fingerprint density at radius 1 is 0.963 bits per heavy atom. The van der Waals surface area contributed by atoms with Gasteiger partial charge in [0.15, 0.2) is 17.5 Å². The fourth-order valence-corrected chi connectivity index (χ4v) is 2.34. The highest BCUT2D eigenvalue weighted by Crippen LogP contribution is 2.20. The molecule has 2 aromatic carbocycles.